The standard InChI is InChI=1S/C23H36N4O4/c1-3-14-27(15-4-2)22(29)9-5-8-21(28)25-18-10-12-19(13-11-18)26-23(30)24-17-20-7-6-16-31-20/h10-13,20H,3-9,14-17H2,1-2H3,(H,25,28)(H2,24,26,30). The first-order chi connectivity index (χ1) is 15.0. The van der Waals surface area contributed by atoms with Crippen LogP contribution in [0.2, 0.25) is 0 Å². The quantitative estimate of drug-likeness (QED) is 0.468. The Bertz CT molecular complexity index is 696. The molecular formula is C23H36N4O4. The van der Waals surface area contributed by atoms with Crippen molar-refractivity contribution in [2.45, 2.75) is 64.9 Å². The fourth-order valence-corrected chi connectivity index (χ4v) is 3.51. The predicted molar refractivity (Wildman–Crippen MR) is 122 cm³/mol. The van der Waals surface area contributed by atoms with Crippen LogP contribution >= 0.6 is 0 Å². The molecule has 1 aromatic rings. The lowest BCUT2D eigenvalue weighted by molar-refractivity contribution is -0.131. The highest BCUT2D eigenvalue weighted by Crippen LogP contribution is 2.15. The van der Waals surface area contributed by atoms with Gasteiger partial charge in [-0.3, -0.25) is 9.59 Å². The van der Waals surface area contributed by atoms with Crippen LogP contribution in [0.1, 0.15) is 58.8 Å². The number of benzene rings is 1. The molecule has 2 rings (SSSR count). The first-order valence-corrected chi connectivity index (χ1v) is 11.4. The molecule has 1 saturated heterocycles. The minimum absolute atomic E-state index is 0.0972. The van der Waals surface area contributed by atoms with Crippen LogP contribution in [0.3, 0.4) is 0 Å². The van der Waals surface area contributed by atoms with Gasteiger partial charge in [-0.1, -0.05) is 13.8 Å². The third kappa shape index (κ3) is 9.38. The van der Waals surface area contributed by atoms with E-state index in [2.05, 4.69) is 29.8 Å². The summed E-state index contributed by atoms with van der Waals surface area (Å²) in [7, 11) is 0. The van der Waals surface area contributed by atoms with Crippen molar-refractivity contribution in [3.05, 3.63) is 24.3 Å². The number of ether oxygens (including phenoxy) is 1. The third-order valence-electron chi connectivity index (χ3n) is 5.08. The lowest BCUT2D eigenvalue weighted by atomic mass is 10.2. The molecule has 0 saturated carbocycles. The highest BCUT2D eigenvalue weighted by Gasteiger charge is 2.16. The van der Waals surface area contributed by atoms with Gasteiger partial charge in [0, 0.05) is 50.5 Å². The SMILES string of the molecule is CCCN(CCC)C(=O)CCCC(=O)Nc1ccc(NC(=O)NCC2CCCO2)cc1. The van der Waals surface area contributed by atoms with Crippen molar-refractivity contribution in [3.63, 3.8) is 0 Å². The van der Waals surface area contributed by atoms with E-state index in [1.54, 1.807) is 24.3 Å². The smallest absolute Gasteiger partial charge is 0.319 e. The second kappa shape index (κ2) is 13.6. The summed E-state index contributed by atoms with van der Waals surface area (Å²) in [5.74, 6) is -0.00922. The Morgan fingerprint density at radius 1 is 1.00 bits per heavy atom. The van der Waals surface area contributed by atoms with E-state index in [4.69, 9.17) is 4.74 Å². The normalized spacial score (nSPS) is 15.4. The zero-order valence-corrected chi connectivity index (χ0v) is 18.7. The van der Waals surface area contributed by atoms with Crippen LogP contribution in [0.15, 0.2) is 24.3 Å². The fourth-order valence-electron chi connectivity index (χ4n) is 3.51. The lowest BCUT2D eigenvalue weighted by Gasteiger charge is -2.21. The first-order valence-electron chi connectivity index (χ1n) is 11.4. The summed E-state index contributed by atoms with van der Waals surface area (Å²) in [5.41, 5.74) is 1.29. The number of rotatable bonds is 12. The van der Waals surface area contributed by atoms with Crippen molar-refractivity contribution in [3.8, 4) is 0 Å². The van der Waals surface area contributed by atoms with E-state index in [9.17, 15) is 14.4 Å². The Balaban J connectivity index is 1.67. The Kier molecular flexibility index (Phi) is 10.9. The second-order valence-electron chi connectivity index (χ2n) is 7.83. The van der Waals surface area contributed by atoms with Gasteiger partial charge < -0.3 is 25.6 Å². The van der Waals surface area contributed by atoms with Crippen LogP contribution in [0.25, 0.3) is 0 Å². The summed E-state index contributed by atoms with van der Waals surface area (Å²) in [6, 6.07) is 6.67. The highest BCUT2D eigenvalue weighted by molar-refractivity contribution is 5.92. The number of urea groups is 1. The summed E-state index contributed by atoms with van der Waals surface area (Å²) >= 11 is 0. The highest BCUT2D eigenvalue weighted by atomic mass is 16.5. The van der Waals surface area contributed by atoms with Gasteiger partial charge in [0.25, 0.3) is 0 Å². The Hall–Kier alpha value is -2.61. The molecule has 172 valence electrons. The molecule has 4 amide bonds. The number of amides is 4. The van der Waals surface area contributed by atoms with Gasteiger partial charge in [-0.15, -0.1) is 0 Å². The molecule has 0 aromatic heterocycles. The molecule has 0 spiro atoms. The summed E-state index contributed by atoms with van der Waals surface area (Å²) in [6.07, 6.45) is 5.19. The number of hydrogen-bond donors (Lipinski definition) is 3. The van der Waals surface area contributed by atoms with Gasteiger partial charge in [0.05, 0.1) is 6.10 Å². The van der Waals surface area contributed by atoms with Crippen molar-refractivity contribution in [2.75, 3.05) is 36.9 Å². The molecule has 0 aliphatic carbocycles. The monoisotopic (exact) mass is 432 g/mol. The average molecular weight is 433 g/mol. The number of carbonyl (C=O) groups excluding carboxylic acids is 3. The topological polar surface area (TPSA) is 99.8 Å². The number of nitrogens with zero attached hydrogens (tertiary/aromatic N) is 1. The van der Waals surface area contributed by atoms with Gasteiger partial charge in [-0.25, -0.2) is 4.79 Å². The van der Waals surface area contributed by atoms with Gasteiger partial charge in [0.15, 0.2) is 0 Å². The first kappa shape index (κ1) is 24.7. The number of hydrogen-bond acceptors (Lipinski definition) is 4. The van der Waals surface area contributed by atoms with Crippen LogP contribution in [0, 0.1) is 0 Å². The van der Waals surface area contributed by atoms with E-state index in [1.807, 2.05) is 4.90 Å². The molecule has 3 N–H and O–H groups in total. The molecule has 1 aromatic carbocycles. The zero-order valence-electron chi connectivity index (χ0n) is 18.7. The van der Waals surface area contributed by atoms with Crippen molar-refractivity contribution in [2.24, 2.45) is 0 Å². The molecule has 8 nitrogen and oxygen atoms in total. The molecule has 0 radical (unpaired) electrons. The lowest BCUT2D eigenvalue weighted by Crippen LogP contribution is -2.35. The maximum absolute atomic E-state index is 12.3. The van der Waals surface area contributed by atoms with Crippen LogP contribution in [-0.2, 0) is 14.3 Å². The average Bonchev–Trinajstić information content (AvgIpc) is 3.27. The zero-order chi connectivity index (χ0) is 22.5. The molecule has 1 unspecified atom stereocenters. The molecular weight excluding hydrogens is 396 g/mol. The van der Waals surface area contributed by atoms with E-state index < -0.39 is 0 Å². The maximum atomic E-state index is 12.3. The van der Waals surface area contributed by atoms with E-state index in [1.165, 1.54) is 0 Å². The maximum Gasteiger partial charge on any atom is 0.319 e. The van der Waals surface area contributed by atoms with Gasteiger partial charge >= 0.3 is 6.03 Å². The number of nitrogens with one attached hydrogen (secondary N) is 3. The van der Waals surface area contributed by atoms with E-state index >= 15 is 0 Å². The summed E-state index contributed by atoms with van der Waals surface area (Å²) in [6.45, 7) is 6.91. The van der Waals surface area contributed by atoms with Crippen molar-refractivity contribution < 1.29 is 19.1 Å². The summed E-state index contributed by atoms with van der Waals surface area (Å²) < 4.78 is 5.48. The van der Waals surface area contributed by atoms with Crippen molar-refractivity contribution >= 4 is 29.2 Å². The fraction of sp³-hybridized carbons (Fsp3) is 0.609. The molecule has 1 fully saturated rings. The van der Waals surface area contributed by atoms with E-state index in [-0.39, 0.29) is 23.9 Å². The van der Waals surface area contributed by atoms with Crippen LogP contribution in [0.4, 0.5) is 16.2 Å². The third-order valence-corrected chi connectivity index (χ3v) is 5.08. The van der Waals surface area contributed by atoms with Gasteiger partial charge in [-0.2, -0.15) is 0 Å². The van der Waals surface area contributed by atoms with Crippen molar-refractivity contribution in [1.29, 1.82) is 0 Å². The molecule has 1 atom stereocenters. The minimum Gasteiger partial charge on any atom is -0.376 e. The largest absolute Gasteiger partial charge is 0.376 e. The molecule has 8 heteroatoms. The van der Waals surface area contributed by atoms with E-state index in [0.29, 0.717) is 37.2 Å². The minimum atomic E-state index is -0.280. The molecule has 31 heavy (non-hydrogen) atoms. The van der Waals surface area contributed by atoms with Crippen LogP contribution in [-0.4, -0.2) is 55.1 Å². The molecule has 1 aliphatic heterocycles. The van der Waals surface area contributed by atoms with Gasteiger partial charge in [-0.05, 0) is 56.4 Å². The van der Waals surface area contributed by atoms with Crippen LogP contribution in [0.5, 0.6) is 0 Å². The Morgan fingerprint density at radius 2 is 1.65 bits per heavy atom. The Morgan fingerprint density at radius 3 is 2.23 bits per heavy atom. The Labute approximate surface area is 185 Å². The predicted octanol–water partition coefficient (Wildman–Crippen LogP) is 3.74. The van der Waals surface area contributed by atoms with E-state index in [0.717, 1.165) is 45.4 Å². The second-order valence-corrected chi connectivity index (χ2v) is 7.83. The molecule has 1 heterocycles. The number of anilines is 2. The summed E-state index contributed by atoms with van der Waals surface area (Å²) in [5, 5.41) is 8.39. The van der Waals surface area contributed by atoms with Gasteiger partial charge in [0.1, 0.15) is 0 Å². The van der Waals surface area contributed by atoms with Crippen LogP contribution < -0.4 is 16.0 Å². The van der Waals surface area contributed by atoms with Crippen molar-refractivity contribution in [1.82, 2.24) is 10.2 Å². The molecule has 1 aliphatic rings. The number of carbonyl (C=O) groups is 3. The summed E-state index contributed by atoms with van der Waals surface area (Å²) in [4.78, 5) is 38.3. The molecule has 0 bridgehead atoms. The van der Waals surface area contributed by atoms with Gasteiger partial charge in [0.2, 0.25) is 11.8 Å².